The van der Waals surface area contributed by atoms with Crippen LogP contribution in [-0.2, 0) is 0 Å². The van der Waals surface area contributed by atoms with Gasteiger partial charge in [-0.25, -0.2) is 0 Å². The number of nitro groups is 2. The van der Waals surface area contributed by atoms with Crippen molar-refractivity contribution >= 4 is 5.57 Å². The van der Waals surface area contributed by atoms with E-state index < -0.39 is 21.2 Å². The van der Waals surface area contributed by atoms with E-state index in [9.17, 15) is 20.2 Å². The number of rotatable bonds is 3. The minimum atomic E-state index is -2.77. The maximum absolute atomic E-state index is 11.1. The van der Waals surface area contributed by atoms with Gasteiger partial charge in [0.25, 0.3) is 0 Å². The van der Waals surface area contributed by atoms with Crippen molar-refractivity contribution in [3.63, 3.8) is 0 Å². The Labute approximate surface area is 113 Å². The van der Waals surface area contributed by atoms with Gasteiger partial charge in [0.15, 0.2) is 0 Å². The molecule has 8 heteroatoms. The molecule has 0 fully saturated rings. The molecule has 0 saturated heterocycles. The summed E-state index contributed by atoms with van der Waals surface area (Å²) in [5.74, 6) is 0. The van der Waals surface area contributed by atoms with E-state index >= 15 is 0 Å². The molecule has 20 heavy (non-hydrogen) atoms. The highest BCUT2D eigenvalue weighted by Gasteiger charge is 2.68. The van der Waals surface area contributed by atoms with Crippen LogP contribution in [-0.4, -0.2) is 21.2 Å². The van der Waals surface area contributed by atoms with E-state index in [0.717, 1.165) is 12.2 Å². The van der Waals surface area contributed by atoms with Gasteiger partial charge < -0.3 is 0 Å². The standard InChI is InChI=1S/C12H12N4O4/c13-11(14)8-10(9-4-2-1-3-5-9)6-7-12(11,15(17)18)16(19)20/h1-8H,13-14H2. The lowest BCUT2D eigenvalue weighted by Gasteiger charge is -2.29. The number of hydrogen-bond acceptors (Lipinski definition) is 6. The molecule has 0 atom stereocenters. The van der Waals surface area contributed by atoms with Crippen molar-refractivity contribution in [1.82, 2.24) is 0 Å². The number of benzene rings is 1. The molecule has 0 aromatic heterocycles. The Morgan fingerprint density at radius 2 is 1.55 bits per heavy atom. The van der Waals surface area contributed by atoms with E-state index in [4.69, 9.17) is 11.5 Å². The highest BCUT2D eigenvalue weighted by molar-refractivity contribution is 5.76. The normalized spacial score (nSPS) is 19.2. The smallest absolute Gasteiger partial charge is 0.297 e. The molecule has 1 aliphatic carbocycles. The molecule has 0 unspecified atom stereocenters. The van der Waals surface area contributed by atoms with Crippen molar-refractivity contribution in [3.8, 4) is 0 Å². The van der Waals surface area contributed by atoms with E-state index in [1.807, 2.05) is 0 Å². The molecule has 0 bridgehead atoms. The lowest BCUT2D eigenvalue weighted by atomic mass is 9.85. The number of allylic oxidation sites excluding steroid dienone is 2. The van der Waals surface area contributed by atoms with E-state index in [-0.39, 0.29) is 0 Å². The average Bonchev–Trinajstić information content (AvgIpc) is 2.37. The van der Waals surface area contributed by atoms with Crippen LogP contribution in [0, 0.1) is 20.2 Å². The molecule has 2 rings (SSSR count). The summed E-state index contributed by atoms with van der Waals surface area (Å²) >= 11 is 0. The molecule has 0 radical (unpaired) electrons. The summed E-state index contributed by atoms with van der Waals surface area (Å²) < 4.78 is 0. The van der Waals surface area contributed by atoms with E-state index in [0.29, 0.717) is 11.1 Å². The van der Waals surface area contributed by atoms with Crippen molar-refractivity contribution in [2.75, 3.05) is 0 Å². The van der Waals surface area contributed by atoms with Gasteiger partial charge in [-0.1, -0.05) is 30.3 Å². The van der Waals surface area contributed by atoms with E-state index in [1.54, 1.807) is 30.3 Å². The SMILES string of the molecule is NC1(N)C=C(c2ccccc2)C=CC1([N+](=O)[O-])[N+](=O)[O-]. The molecule has 1 aromatic rings. The Morgan fingerprint density at radius 1 is 1.00 bits per heavy atom. The van der Waals surface area contributed by atoms with E-state index in [1.165, 1.54) is 6.08 Å². The van der Waals surface area contributed by atoms with Crippen LogP contribution in [0.5, 0.6) is 0 Å². The fraction of sp³-hybridized carbons (Fsp3) is 0.167. The second-order valence-electron chi connectivity index (χ2n) is 4.47. The van der Waals surface area contributed by atoms with Crippen molar-refractivity contribution < 1.29 is 9.85 Å². The van der Waals surface area contributed by atoms with Gasteiger partial charge in [0.1, 0.15) is 9.85 Å². The predicted octanol–water partition coefficient (Wildman–Crippen LogP) is 0.503. The third kappa shape index (κ3) is 1.87. The lowest BCUT2D eigenvalue weighted by molar-refractivity contribution is -0.789. The van der Waals surface area contributed by atoms with Gasteiger partial charge in [-0.15, -0.1) is 0 Å². The zero-order valence-electron chi connectivity index (χ0n) is 10.3. The first-order valence-corrected chi connectivity index (χ1v) is 5.65. The highest BCUT2D eigenvalue weighted by atomic mass is 16.7. The molecule has 0 aliphatic heterocycles. The van der Waals surface area contributed by atoms with Crippen LogP contribution in [0.1, 0.15) is 5.56 Å². The molecule has 0 saturated carbocycles. The first-order chi connectivity index (χ1) is 9.31. The third-order valence-corrected chi connectivity index (χ3v) is 3.19. The summed E-state index contributed by atoms with van der Waals surface area (Å²) in [6.45, 7) is 0. The quantitative estimate of drug-likeness (QED) is 0.468. The minimum absolute atomic E-state index is 0.495. The Morgan fingerprint density at radius 3 is 2.00 bits per heavy atom. The summed E-state index contributed by atoms with van der Waals surface area (Å²) in [6.07, 6.45) is 3.27. The van der Waals surface area contributed by atoms with Crippen molar-refractivity contribution in [1.29, 1.82) is 0 Å². The monoisotopic (exact) mass is 276 g/mol. The Kier molecular flexibility index (Phi) is 3.12. The first-order valence-electron chi connectivity index (χ1n) is 5.65. The minimum Gasteiger partial charge on any atom is -0.297 e. The predicted molar refractivity (Wildman–Crippen MR) is 71.4 cm³/mol. The van der Waals surface area contributed by atoms with E-state index in [2.05, 4.69) is 0 Å². The van der Waals surface area contributed by atoms with Gasteiger partial charge in [0.2, 0.25) is 5.66 Å². The fourth-order valence-electron chi connectivity index (χ4n) is 2.08. The van der Waals surface area contributed by atoms with Crippen molar-refractivity contribution in [2.45, 2.75) is 11.3 Å². The average molecular weight is 276 g/mol. The van der Waals surface area contributed by atoms with Crippen molar-refractivity contribution in [2.24, 2.45) is 11.5 Å². The summed E-state index contributed by atoms with van der Waals surface area (Å²) in [6, 6.07) is 8.82. The van der Waals surface area contributed by atoms with Crippen LogP contribution in [0.25, 0.3) is 5.57 Å². The second-order valence-corrected chi connectivity index (χ2v) is 4.47. The topological polar surface area (TPSA) is 138 Å². The van der Waals surface area contributed by atoms with Crippen LogP contribution < -0.4 is 11.5 Å². The summed E-state index contributed by atoms with van der Waals surface area (Å²) in [5.41, 5.74) is 7.51. The van der Waals surface area contributed by atoms with Gasteiger partial charge in [-0.3, -0.25) is 31.7 Å². The Bertz CT molecular complexity index is 608. The van der Waals surface area contributed by atoms with Gasteiger partial charge in [-0.05, 0) is 23.3 Å². The maximum Gasteiger partial charge on any atom is 0.511 e. The molecule has 8 nitrogen and oxygen atoms in total. The van der Waals surface area contributed by atoms with Gasteiger partial charge in [0.05, 0.1) is 6.08 Å². The second kappa shape index (κ2) is 4.51. The molecule has 4 N–H and O–H groups in total. The molecule has 0 amide bonds. The molecule has 1 aliphatic rings. The molecule has 104 valence electrons. The third-order valence-electron chi connectivity index (χ3n) is 3.19. The van der Waals surface area contributed by atoms with Crippen LogP contribution in [0.3, 0.4) is 0 Å². The molecular weight excluding hydrogens is 264 g/mol. The summed E-state index contributed by atoms with van der Waals surface area (Å²) in [7, 11) is 0. The maximum atomic E-state index is 11.1. The van der Waals surface area contributed by atoms with Crippen LogP contribution >= 0.6 is 0 Å². The molecule has 0 heterocycles. The lowest BCUT2D eigenvalue weighted by Crippen LogP contribution is -2.72. The number of nitrogens with zero attached hydrogens (tertiary/aromatic N) is 2. The van der Waals surface area contributed by atoms with Crippen molar-refractivity contribution in [3.05, 3.63) is 74.4 Å². The number of nitrogens with two attached hydrogens (primary N) is 2. The zero-order chi connectivity index (χ0) is 15.0. The number of hydrogen-bond donors (Lipinski definition) is 2. The molecule has 0 spiro atoms. The zero-order valence-corrected chi connectivity index (χ0v) is 10.3. The van der Waals surface area contributed by atoms with Gasteiger partial charge in [-0.2, -0.15) is 0 Å². The van der Waals surface area contributed by atoms with Gasteiger partial charge in [0, 0.05) is 0 Å². The van der Waals surface area contributed by atoms with Crippen LogP contribution in [0.15, 0.2) is 48.6 Å². The Balaban J connectivity index is 2.54. The Hall–Kier alpha value is -2.58. The summed E-state index contributed by atoms with van der Waals surface area (Å²) in [4.78, 5) is 20.0. The van der Waals surface area contributed by atoms with Crippen LogP contribution in [0.2, 0.25) is 0 Å². The molecular formula is C12H12N4O4. The first kappa shape index (κ1) is 13.8. The fourth-order valence-corrected chi connectivity index (χ4v) is 2.08. The molecule has 1 aromatic carbocycles. The van der Waals surface area contributed by atoms with Gasteiger partial charge >= 0.3 is 5.66 Å². The highest BCUT2D eigenvalue weighted by Crippen LogP contribution is 2.32. The summed E-state index contributed by atoms with van der Waals surface area (Å²) in [5, 5.41) is 22.2. The van der Waals surface area contributed by atoms with Crippen LogP contribution in [0.4, 0.5) is 0 Å². The largest absolute Gasteiger partial charge is 0.511 e.